The summed E-state index contributed by atoms with van der Waals surface area (Å²) in [7, 11) is 0. The van der Waals surface area contributed by atoms with Crippen molar-refractivity contribution in [1.82, 2.24) is 9.78 Å². The Bertz CT molecular complexity index is 774. The average molecular weight is 300 g/mol. The van der Waals surface area contributed by atoms with Crippen molar-refractivity contribution in [1.29, 1.82) is 0 Å². The SMILES string of the molecule is CCn1nc(C(=O)O)c(=O)c2cc(F)c(SC)c(F)c21. The largest absolute Gasteiger partial charge is 0.476 e. The number of carboxylic acids is 1. The van der Waals surface area contributed by atoms with E-state index in [0.717, 1.165) is 22.5 Å². The lowest BCUT2D eigenvalue weighted by atomic mass is 10.2. The van der Waals surface area contributed by atoms with Crippen molar-refractivity contribution in [3.8, 4) is 0 Å². The van der Waals surface area contributed by atoms with Crippen LogP contribution in [-0.2, 0) is 6.54 Å². The van der Waals surface area contributed by atoms with Crippen LogP contribution in [0.15, 0.2) is 15.8 Å². The number of hydrogen-bond donors (Lipinski definition) is 1. The highest BCUT2D eigenvalue weighted by atomic mass is 32.2. The molecule has 1 aromatic heterocycles. The number of fused-ring (bicyclic) bond motifs is 1. The van der Waals surface area contributed by atoms with Gasteiger partial charge >= 0.3 is 5.97 Å². The fourth-order valence-corrected chi connectivity index (χ4v) is 2.45. The normalized spacial score (nSPS) is 11.0. The molecule has 0 aliphatic heterocycles. The van der Waals surface area contributed by atoms with E-state index in [1.807, 2.05) is 0 Å². The Balaban J connectivity index is 3.05. The highest BCUT2D eigenvalue weighted by molar-refractivity contribution is 7.98. The molecule has 0 fully saturated rings. The van der Waals surface area contributed by atoms with E-state index >= 15 is 0 Å². The van der Waals surface area contributed by atoms with E-state index in [1.165, 1.54) is 6.26 Å². The molecule has 0 amide bonds. The quantitative estimate of drug-likeness (QED) is 0.879. The summed E-state index contributed by atoms with van der Waals surface area (Å²) in [5, 5.41) is 12.2. The minimum absolute atomic E-state index is 0.146. The van der Waals surface area contributed by atoms with E-state index in [0.29, 0.717) is 0 Å². The van der Waals surface area contributed by atoms with Crippen molar-refractivity contribution in [2.75, 3.05) is 6.26 Å². The second-order valence-corrected chi connectivity index (χ2v) is 4.72. The molecule has 0 spiro atoms. The first-order chi connectivity index (χ1) is 9.42. The molecule has 0 aliphatic rings. The van der Waals surface area contributed by atoms with Gasteiger partial charge < -0.3 is 5.11 Å². The molecule has 0 radical (unpaired) electrons. The Morgan fingerprint density at radius 3 is 2.65 bits per heavy atom. The Labute approximate surface area is 116 Å². The van der Waals surface area contributed by atoms with Crippen LogP contribution in [0.2, 0.25) is 0 Å². The van der Waals surface area contributed by atoms with E-state index in [-0.39, 0.29) is 22.3 Å². The van der Waals surface area contributed by atoms with Crippen molar-refractivity contribution < 1.29 is 18.7 Å². The molecule has 1 aromatic carbocycles. The third-order valence-electron chi connectivity index (χ3n) is 2.80. The monoisotopic (exact) mass is 300 g/mol. The number of hydrogen-bond acceptors (Lipinski definition) is 4. The molecule has 0 unspecified atom stereocenters. The molecule has 106 valence electrons. The predicted octanol–water partition coefficient (Wildman–Crippen LogP) is 2.11. The van der Waals surface area contributed by atoms with Crippen molar-refractivity contribution in [3.63, 3.8) is 0 Å². The van der Waals surface area contributed by atoms with E-state index in [1.54, 1.807) is 6.92 Å². The number of rotatable bonds is 3. The molecule has 0 saturated heterocycles. The van der Waals surface area contributed by atoms with E-state index in [4.69, 9.17) is 5.11 Å². The van der Waals surface area contributed by atoms with Crippen LogP contribution in [0.5, 0.6) is 0 Å². The van der Waals surface area contributed by atoms with Crippen LogP contribution in [0.1, 0.15) is 17.4 Å². The zero-order valence-corrected chi connectivity index (χ0v) is 11.4. The summed E-state index contributed by atoms with van der Waals surface area (Å²) >= 11 is 0.863. The third-order valence-corrected chi connectivity index (χ3v) is 3.58. The van der Waals surface area contributed by atoms with Gasteiger partial charge in [0.05, 0.1) is 10.3 Å². The maximum Gasteiger partial charge on any atom is 0.360 e. The smallest absolute Gasteiger partial charge is 0.360 e. The molecule has 0 atom stereocenters. The number of carbonyl (C=O) groups is 1. The van der Waals surface area contributed by atoms with Gasteiger partial charge in [-0.05, 0) is 19.2 Å². The van der Waals surface area contributed by atoms with Crippen LogP contribution in [-0.4, -0.2) is 27.1 Å². The number of carboxylic acid groups (broad SMARTS) is 1. The number of aromatic carboxylic acids is 1. The lowest BCUT2D eigenvalue weighted by Gasteiger charge is -2.11. The number of halogens is 2. The molecule has 0 bridgehead atoms. The van der Waals surface area contributed by atoms with Crippen LogP contribution in [0.25, 0.3) is 10.9 Å². The Morgan fingerprint density at radius 1 is 1.50 bits per heavy atom. The zero-order valence-electron chi connectivity index (χ0n) is 10.6. The van der Waals surface area contributed by atoms with E-state index < -0.39 is 28.7 Å². The standard InChI is InChI=1S/C12H10F2N2O3S/c1-3-16-9-5(10(17)8(15-16)12(18)19)4-6(13)11(20-2)7(9)14/h4H,3H2,1-2H3,(H,18,19). The number of thioether (sulfide) groups is 1. The van der Waals surface area contributed by atoms with Gasteiger partial charge in [0.15, 0.2) is 5.82 Å². The van der Waals surface area contributed by atoms with Crippen LogP contribution < -0.4 is 5.43 Å². The molecule has 1 heterocycles. The minimum atomic E-state index is -1.53. The molecule has 0 saturated carbocycles. The molecule has 8 heteroatoms. The second kappa shape index (κ2) is 5.20. The second-order valence-electron chi connectivity index (χ2n) is 3.90. The van der Waals surface area contributed by atoms with E-state index in [2.05, 4.69) is 5.10 Å². The summed E-state index contributed by atoms with van der Waals surface area (Å²) in [5.41, 5.74) is -1.94. The molecule has 2 aromatic rings. The average Bonchev–Trinajstić information content (AvgIpc) is 2.40. The fourth-order valence-electron chi connectivity index (χ4n) is 1.92. The highest BCUT2D eigenvalue weighted by Gasteiger charge is 2.22. The first kappa shape index (κ1) is 14.4. The summed E-state index contributed by atoms with van der Waals surface area (Å²) in [6.07, 6.45) is 1.50. The maximum absolute atomic E-state index is 14.3. The first-order valence-corrected chi connectivity index (χ1v) is 6.84. The molecule has 2 rings (SSSR count). The summed E-state index contributed by atoms with van der Waals surface area (Å²) in [6.45, 7) is 1.76. The highest BCUT2D eigenvalue weighted by Crippen LogP contribution is 2.28. The number of aromatic nitrogens is 2. The molecular weight excluding hydrogens is 290 g/mol. The topological polar surface area (TPSA) is 72.2 Å². The van der Waals surface area contributed by atoms with Gasteiger partial charge in [0.2, 0.25) is 11.1 Å². The van der Waals surface area contributed by atoms with Gasteiger partial charge in [0.25, 0.3) is 0 Å². The van der Waals surface area contributed by atoms with Gasteiger partial charge in [0, 0.05) is 6.54 Å². The molecule has 0 aliphatic carbocycles. The number of aryl methyl sites for hydroxylation is 1. The Kier molecular flexibility index (Phi) is 3.76. The van der Waals surface area contributed by atoms with Gasteiger partial charge in [-0.25, -0.2) is 13.6 Å². The van der Waals surface area contributed by atoms with Crippen LogP contribution >= 0.6 is 11.8 Å². The van der Waals surface area contributed by atoms with Crippen molar-refractivity contribution in [2.24, 2.45) is 0 Å². The molecule has 20 heavy (non-hydrogen) atoms. The van der Waals surface area contributed by atoms with Crippen LogP contribution in [0.3, 0.4) is 0 Å². The molecule has 5 nitrogen and oxygen atoms in total. The lowest BCUT2D eigenvalue weighted by molar-refractivity contribution is 0.0686. The van der Waals surface area contributed by atoms with Gasteiger partial charge in [-0.2, -0.15) is 5.10 Å². The third kappa shape index (κ3) is 2.05. The van der Waals surface area contributed by atoms with Gasteiger partial charge in [-0.3, -0.25) is 9.48 Å². The fraction of sp³-hybridized carbons (Fsp3) is 0.250. The van der Waals surface area contributed by atoms with Gasteiger partial charge in [-0.1, -0.05) is 0 Å². The zero-order chi connectivity index (χ0) is 15.0. The van der Waals surface area contributed by atoms with Crippen LogP contribution in [0, 0.1) is 11.6 Å². The van der Waals surface area contributed by atoms with Gasteiger partial charge in [0.1, 0.15) is 11.3 Å². The van der Waals surface area contributed by atoms with Crippen LogP contribution in [0.4, 0.5) is 8.78 Å². The number of nitrogens with zero attached hydrogens (tertiary/aromatic N) is 2. The van der Waals surface area contributed by atoms with Crippen molar-refractivity contribution >= 4 is 28.6 Å². The molecular formula is C12H10F2N2O3S. The van der Waals surface area contributed by atoms with Crippen molar-refractivity contribution in [2.45, 2.75) is 18.4 Å². The first-order valence-electron chi connectivity index (χ1n) is 5.62. The lowest BCUT2D eigenvalue weighted by Crippen LogP contribution is -2.23. The summed E-state index contributed by atoms with van der Waals surface area (Å²) in [5.74, 6) is -3.34. The Hall–Kier alpha value is -1.96. The Morgan fingerprint density at radius 2 is 2.15 bits per heavy atom. The summed E-state index contributed by atoms with van der Waals surface area (Å²) < 4.78 is 29.1. The van der Waals surface area contributed by atoms with E-state index in [9.17, 15) is 18.4 Å². The maximum atomic E-state index is 14.3. The predicted molar refractivity (Wildman–Crippen MR) is 70.3 cm³/mol. The minimum Gasteiger partial charge on any atom is -0.476 e. The van der Waals surface area contributed by atoms with Crippen molar-refractivity contribution in [3.05, 3.63) is 33.6 Å². The molecule has 1 N–H and O–H groups in total. The summed E-state index contributed by atoms with van der Waals surface area (Å²) in [4.78, 5) is 22.7. The number of benzene rings is 1. The van der Waals surface area contributed by atoms with Gasteiger partial charge in [-0.15, -0.1) is 11.8 Å². The summed E-state index contributed by atoms with van der Waals surface area (Å²) in [6, 6.07) is 0.854.